The molecule has 0 saturated heterocycles. The van der Waals surface area contributed by atoms with E-state index >= 15 is 0 Å². The molecule has 78 valence electrons. The summed E-state index contributed by atoms with van der Waals surface area (Å²) in [5.41, 5.74) is 17.2. The highest BCUT2D eigenvalue weighted by Crippen LogP contribution is 2.17. The molecule has 0 atom stereocenters. The Bertz CT molecular complexity index is 526. The van der Waals surface area contributed by atoms with Crippen LogP contribution in [0.1, 0.15) is 5.69 Å². The molecule has 2 rings (SSSR count). The molecule has 0 aliphatic rings. The number of hydrogen-bond acceptors (Lipinski definition) is 8. The van der Waals surface area contributed by atoms with Gasteiger partial charge in [0.05, 0.1) is 6.61 Å². The number of aliphatic hydroxyl groups is 1. The number of anilines is 3. The Hall–Kier alpha value is -2.22. The zero-order valence-electron chi connectivity index (χ0n) is 7.68. The van der Waals surface area contributed by atoms with E-state index < -0.39 is 0 Å². The van der Waals surface area contributed by atoms with Gasteiger partial charge in [0.1, 0.15) is 11.5 Å². The molecule has 0 unspecified atom stereocenters. The Morgan fingerprint density at radius 3 is 2.33 bits per heavy atom. The van der Waals surface area contributed by atoms with Crippen LogP contribution >= 0.6 is 0 Å². The van der Waals surface area contributed by atoms with Crippen molar-refractivity contribution in [3.05, 3.63) is 5.69 Å². The summed E-state index contributed by atoms with van der Waals surface area (Å²) in [6.07, 6.45) is 0. The smallest absolute Gasteiger partial charge is 0.224 e. The van der Waals surface area contributed by atoms with Crippen LogP contribution in [-0.4, -0.2) is 25.0 Å². The highest BCUT2D eigenvalue weighted by Gasteiger charge is 2.10. The van der Waals surface area contributed by atoms with Gasteiger partial charge in [0.2, 0.25) is 5.95 Å². The maximum absolute atomic E-state index is 8.93. The molecule has 15 heavy (non-hydrogen) atoms. The van der Waals surface area contributed by atoms with E-state index in [2.05, 4.69) is 19.9 Å². The lowest BCUT2D eigenvalue weighted by atomic mass is 10.4. The Balaban J connectivity index is 2.81. The van der Waals surface area contributed by atoms with E-state index in [4.69, 9.17) is 22.3 Å². The summed E-state index contributed by atoms with van der Waals surface area (Å²) in [7, 11) is 0. The SMILES string of the molecule is Nc1nc(N)c2nc(CO)c(N)nc2n1. The summed E-state index contributed by atoms with van der Waals surface area (Å²) in [5, 5.41) is 8.93. The Morgan fingerprint density at radius 1 is 0.933 bits per heavy atom. The van der Waals surface area contributed by atoms with Crippen LogP contribution in [-0.2, 0) is 6.61 Å². The van der Waals surface area contributed by atoms with Crippen molar-refractivity contribution in [3.63, 3.8) is 0 Å². The van der Waals surface area contributed by atoms with E-state index in [1.54, 1.807) is 0 Å². The van der Waals surface area contributed by atoms with E-state index in [-0.39, 0.29) is 41.0 Å². The van der Waals surface area contributed by atoms with Crippen LogP contribution < -0.4 is 17.2 Å². The molecular formula is C7H9N7O. The third-order valence-corrected chi connectivity index (χ3v) is 1.83. The van der Waals surface area contributed by atoms with Crippen LogP contribution in [0.4, 0.5) is 17.6 Å². The molecule has 2 heterocycles. The minimum absolute atomic E-state index is 0.00504. The Kier molecular flexibility index (Phi) is 1.97. The lowest BCUT2D eigenvalue weighted by Crippen LogP contribution is -2.07. The number of fused-ring (bicyclic) bond motifs is 1. The molecule has 8 nitrogen and oxygen atoms in total. The first kappa shape index (κ1) is 9.34. The first-order chi connectivity index (χ1) is 7.11. The minimum atomic E-state index is -0.321. The normalized spacial score (nSPS) is 10.7. The third kappa shape index (κ3) is 1.46. The maximum atomic E-state index is 8.93. The second-order valence-electron chi connectivity index (χ2n) is 2.85. The molecule has 0 aromatic carbocycles. The number of nitrogens with two attached hydrogens (primary N) is 3. The largest absolute Gasteiger partial charge is 0.390 e. The van der Waals surface area contributed by atoms with Gasteiger partial charge in [-0.15, -0.1) is 0 Å². The van der Waals surface area contributed by atoms with Gasteiger partial charge < -0.3 is 22.3 Å². The average Bonchev–Trinajstić information content (AvgIpc) is 2.16. The van der Waals surface area contributed by atoms with E-state index in [0.717, 1.165) is 0 Å². The zero-order chi connectivity index (χ0) is 11.0. The van der Waals surface area contributed by atoms with Crippen molar-refractivity contribution >= 4 is 28.7 Å². The van der Waals surface area contributed by atoms with Gasteiger partial charge in [-0.1, -0.05) is 0 Å². The lowest BCUT2D eigenvalue weighted by Gasteiger charge is -2.04. The second kappa shape index (κ2) is 3.17. The number of aliphatic hydroxyl groups excluding tert-OH is 1. The number of rotatable bonds is 1. The molecule has 0 aliphatic heterocycles. The van der Waals surface area contributed by atoms with Gasteiger partial charge in [-0.3, -0.25) is 0 Å². The summed E-state index contributed by atoms with van der Waals surface area (Å²) >= 11 is 0. The molecule has 0 saturated carbocycles. The van der Waals surface area contributed by atoms with Gasteiger partial charge in [-0.05, 0) is 0 Å². The molecule has 7 N–H and O–H groups in total. The van der Waals surface area contributed by atoms with Gasteiger partial charge in [-0.25, -0.2) is 9.97 Å². The molecule has 2 aromatic rings. The van der Waals surface area contributed by atoms with Crippen molar-refractivity contribution in [3.8, 4) is 0 Å². The Morgan fingerprint density at radius 2 is 1.67 bits per heavy atom. The second-order valence-corrected chi connectivity index (χ2v) is 2.85. The summed E-state index contributed by atoms with van der Waals surface area (Å²) in [6.45, 7) is -0.321. The van der Waals surface area contributed by atoms with Crippen LogP contribution in [0.2, 0.25) is 0 Å². The molecule has 0 fully saturated rings. The van der Waals surface area contributed by atoms with E-state index in [1.807, 2.05) is 0 Å². The highest BCUT2D eigenvalue weighted by atomic mass is 16.3. The number of nitrogens with zero attached hydrogens (tertiary/aromatic N) is 4. The standard InChI is InChI=1S/C7H9N7O/c8-4-2(1-15)11-3-5(9)13-7(10)14-6(3)12-4/h15H,1H2,(H6,8,9,10,12,13,14). The molecule has 0 bridgehead atoms. The first-order valence-corrected chi connectivity index (χ1v) is 4.07. The fourth-order valence-electron chi connectivity index (χ4n) is 1.15. The van der Waals surface area contributed by atoms with Gasteiger partial charge >= 0.3 is 0 Å². The molecule has 2 aromatic heterocycles. The van der Waals surface area contributed by atoms with Crippen molar-refractivity contribution in [2.75, 3.05) is 17.2 Å². The van der Waals surface area contributed by atoms with Crippen LogP contribution in [0.15, 0.2) is 0 Å². The highest BCUT2D eigenvalue weighted by molar-refractivity contribution is 5.83. The van der Waals surface area contributed by atoms with Crippen molar-refractivity contribution in [1.29, 1.82) is 0 Å². The van der Waals surface area contributed by atoms with Gasteiger partial charge in [0.15, 0.2) is 17.0 Å². The molecule has 0 aliphatic carbocycles. The fraction of sp³-hybridized carbons (Fsp3) is 0.143. The van der Waals surface area contributed by atoms with Crippen molar-refractivity contribution in [2.45, 2.75) is 6.61 Å². The minimum Gasteiger partial charge on any atom is -0.390 e. The number of hydrogen-bond donors (Lipinski definition) is 4. The van der Waals surface area contributed by atoms with Crippen LogP contribution in [0.25, 0.3) is 11.2 Å². The molecule has 8 heteroatoms. The molecular weight excluding hydrogens is 198 g/mol. The summed E-state index contributed by atoms with van der Waals surface area (Å²) in [4.78, 5) is 15.5. The predicted octanol–water partition coefficient (Wildman–Crippen LogP) is -1.34. The number of nitrogen functional groups attached to an aromatic ring is 3. The van der Waals surface area contributed by atoms with E-state index in [0.29, 0.717) is 0 Å². The summed E-state index contributed by atoms with van der Waals surface area (Å²) in [5.74, 6) is 0.215. The monoisotopic (exact) mass is 207 g/mol. The molecule has 0 radical (unpaired) electrons. The quantitative estimate of drug-likeness (QED) is 0.448. The zero-order valence-corrected chi connectivity index (χ0v) is 7.68. The van der Waals surface area contributed by atoms with Gasteiger partial charge in [0, 0.05) is 0 Å². The maximum Gasteiger partial charge on any atom is 0.224 e. The average molecular weight is 207 g/mol. The van der Waals surface area contributed by atoms with Crippen molar-refractivity contribution in [2.24, 2.45) is 0 Å². The van der Waals surface area contributed by atoms with Gasteiger partial charge in [0.25, 0.3) is 0 Å². The number of aromatic nitrogens is 4. The third-order valence-electron chi connectivity index (χ3n) is 1.83. The lowest BCUT2D eigenvalue weighted by molar-refractivity contribution is 0.277. The van der Waals surface area contributed by atoms with Crippen LogP contribution in [0.5, 0.6) is 0 Å². The first-order valence-electron chi connectivity index (χ1n) is 4.07. The fourth-order valence-corrected chi connectivity index (χ4v) is 1.15. The van der Waals surface area contributed by atoms with E-state index in [9.17, 15) is 0 Å². The van der Waals surface area contributed by atoms with Crippen molar-refractivity contribution in [1.82, 2.24) is 19.9 Å². The Labute approximate surface area is 84.2 Å². The summed E-state index contributed by atoms with van der Waals surface area (Å²) < 4.78 is 0. The van der Waals surface area contributed by atoms with Crippen LogP contribution in [0, 0.1) is 0 Å². The molecule has 0 amide bonds. The molecule has 0 spiro atoms. The van der Waals surface area contributed by atoms with Gasteiger partial charge in [-0.2, -0.15) is 9.97 Å². The van der Waals surface area contributed by atoms with Crippen molar-refractivity contribution < 1.29 is 5.11 Å². The predicted molar refractivity (Wildman–Crippen MR) is 54.3 cm³/mol. The topological polar surface area (TPSA) is 150 Å². The van der Waals surface area contributed by atoms with E-state index in [1.165, 1.54) is 0 Å². The van der Waals surface area contributed by atoms with Crippen LogP contribution in [0.3, 0.4) is 0 Å². The summed E-state index contributed by atoms with van der Waals surface area (Å²) in [6, 6.07) is 0.